The van der Waals surface area contributed by atoms with E-state index in [0.717, 1.165) is 88.2 Å². The first kappa shape index (κ1) is 30.3. The molecule has 11 rings (SSSR count). The maximum absolute atomic E-state index is 6.55. The summed E-state index contributed by atoms with van der Waals surface area (Å²) in [4.78, 5) is 15.3. The zero-order valence-corrected chi connectivity index (χ0v) is 28.9. The molecule has 0 saturated heterocycles. The summed E-state index contributed by atoms with van der Waals surface area (Å²) in [6, 6.07) is 60.4. The predicted octanol–water partition coefficient (Wildman–Crippen LogP) is 13.2. The number of fused-ring (bicyclic) bond motifs is 7. The lowest BCUT2D eigenvalue weighted by molar-refractivity contribution is 0.669. The minimum absolute atomic E-state index is 0.582. The lowest BCUT2D eigenvalue weighted by Gasteiger charge is -2.13. The Kier molecular flexibility index (Phi) is 6.79. The maximum atomic E-state index is 6.55. The third kappa shape index (κ3) is 4.90. The Morgan fingerprint density at radius 3 is 1.76 bits per heavy atom. The lowest BCUT2D eigenvalue weighted by Crippen LogP contribution is -2.00. The van der Waals surface area contributed by atoms with Crippen LogP contribution in [0.25, 0.3) is 111 Å². The van der Waals surface area contributed by atoms with Gasteiger partial charge in [-0.25, -0.2) is 15.0 Å². The molecule has 0 amide bonds. The molecule has 0 N–H and O–H groups in total. The quantitative estimate of drug-likeness (QED) is 0.180. The Morgan fingerprint density at radius 2 is 0.926 bits per heavy atom. The lowest BCUT2D eigenvalue weighted by atomic mass is 9.90. The molecule has 0 saturated carbocycles. The molecule has 0 fully saturated rings. The second-order valence-corrected chi connectivity index (χ2v) is 13.6. The topological polar surface area (TPSA) is 65.0 Å². The Hall–Kier alpha value is -7.37. The number of furan rings is 2. The third-order valence-corrected chi connectivity index (χ3v) is 10.3. The van der Waals surface area contributed by atoms with Crippen molar-refractivity contribution < 1.29 is 8.83 Å². The van der Waals surface area contributed by atoms with Crippen LogP contribution >= 0.6 is 0 Å². The van der Waals surface area contributed by atoms with Gasteiger partial charge >= 0.3 is 0 Å². The summed E-state index contributed by atoms with van der Waals surface area (Å²) >= 11 is 0. The molecule has 3 heterocycles. The molecule has 5 heteroatoms. The molecule has 0 unspecified atom stereocenters. The SMILES string of the molecule is c1ccc(-c2nc(-c3ccc4ccccc4c3)nc(-c3cccc4oc5ccc(-c6c(-c7ccccc7)ccc7oc8ccccc8c67)cc5c34)n2)cc1. The molecule has 0 aliphatic rings. The molecule has 0 aliphatic heterocycles. The highest BCUT2D eigenvalue weighted by molar-refractivity contribution is 6.18. The van der Waals surface area contributed by atoms with Gasteiger partial charge in [-0.15, -0.1) is 0 Å². The van der Waals surface area contributed by atoms with Crippen LogP contribution in [0, 0.1) is 0 Å². The van der Waals surface area contributed by atoms with Crippen molar-refractivity contribution >= 4 is 54.6 Å². The zero-order chi connectivity index (χ0) is 35.6. The van der Waals surface area contributed by atoms with Gasteiger partial charge in [0.25, 0.3) is 0 Å². The highest BCUT2D eigenvalue weighted by Gasteiger charge is 2.21. The van der Waals surface area contributed by atoms with E-state index in [1.807, 2.05) is 54.6 Å². The van der Waals surface area contributed by atoms with Crippen molar-refractivity contribution in [2.24, 2.45) is 0 Å². The second kappa shape index (κ2) is 12.1. The summed E-state index contributed by atoms with van der Waals surface area (Å²) < 4.78 is 13.0. The number of hydrogen-bond acceptors (Lipinski definition) is 5. The van der Waals surface area contributed by atoms with Crippen LogP contribution in [0.4, 0.5) is 0 Å². The van der Waals surface area contributed by atoms with Crippen LogP contribution in [0.5, 0.6) is 0 Å². The van der Waals surface area contributed by atoms with Gasteiger partial charge in [-0.05, 0) is 63.9 Å². The highest BCUT2D eigenvalue weighted by Crippen LogP contribution is 2.45. The predicted molar refractivity (Wildman–Crippen MR) is 219 cm³/mol. The summed E-state index contributed by atoms with van der Waals surface area (Å²) in [6.07, 6.45) is 0. The highest BCUT2D eigenvalue weighted by atomic mass is 16.3. The first-order chi connectivity index (χ1) is 26.7. The summed E-state index contributed by atoms with van der Waals surface area (Å²) in [5.41, 5.74) is 10.4. The molecule has 5 nitrogen and oxygen atoms in total. The van der Waals surface area contributed by atoms with E-state index in [0.29, 0.717) is 17.5 Å². The van der Waals surface area contributed by atoms with Crippen LogP contribution in [-0.4, -0.2) is 15.0 Å². The number of nitrogens with zero attached hydrogens (tertiary/aromatic N) is 3. The molecule has 11 aromatic rings. The van der Waals surface area contributed by atoms with Crippen LogP contribution in [0.3, 0.4) is 0 Å². The Morgan fingerprint density at radius 1 is 0.315 bits per heavy atom. The number of benzene rings is 8. The van der Waals surface area contributed by atoms with E-state index in [2.05, 4.69) is 121 Å². The van der Waals surface area contributed by atoms with Gasteiger partial charge in [0.1, 0.15) is 22.3 Å². The molecule has 0 radical (unpaired) electrons. The van der Waals surface area contributed by atoms with Crippen LogP contribution in [0.15, 0.2) is 185 Å². The van der Waals surface area contributed by atoms with Crippen molar-refractivity contribution in [1.82, 2.24) is 15.0 Å². The van der Waals surface area contributed by atoms with Gasteiger partial charge in [0.2, 0.25) is 0 Å². The van der Waals surface area contributed by atoms with Crippen LogP contribution in [0.2, 0.25) is 0 Å². The molecule has 0 aliphatic carbocycles. The van der Waals surface area contributed by atoms with Gasteiger partial charge in [0.15, 0.2) is 17.5 Å². The number of hydrogen-bond donors (Lipinski definition) is 0. The van der Waals surface area contributed by atoms with E-state index in [-0.39, 0.29) is 0 Å². The second-order valence-electron chi connectivity index (χ2n) is 13.6. The average Bonchev–Trinajstić information content (AvgIpc) is 3.82. The van der Waals surface area contributed by atoms with Crippen molar-refractivity contribution in [1.29, 1.82) is 0 Å². The van der Waals surface area contributed by atoms with Crippen molar-refractivity contribution in [2.75, 3.05) is 0 Å². The van der Waals surface area contributed by atoms with Crippen molar-refractivity contribution in [3.8, 4) is 56.4 Å². The van der Waals surface area contributed by atoms with E-state index < -0.39 is 0 Å². The van der Waals surface area contributed by atoms with Crippen molar-refractivity contribution in [3.05, 3.63) is 176 Å². The average molecular weight is 692 g/mol. The Balaban J connectivity index is 1.17. The van der Waals surface area contributed by atoms with Gasteiger partial charge in [-0.3, -0.25) is 0 Å². The molecule has 8 aromatic carbocycles. The maximum Gasteiger partial charge on any atom is 0.164 e. The molecule has 54 heavy (non-hydrogen) atoms. The molecule has 0 atom stereocenters. The first-order valence-corrected chi connectivity index (χ1v) is 18.0. The smallest absolute Gasteiger partial charge is 0.164 e. The van der Waals surface area contributed by atoms with Gasteiger partial charge in [-0.1, -0.05) is 140 Å². The fourth-order valence-electron chi connectivity index (χ4n) is 7.81. The van der Waals surface area contributed by atoms with Gasteiger partial charge in [0, 0.05) is 43.8 Å². The number of para-hydroxylation sites is 1. The molecule has 0 bridgehead atoms. The largest absolute Gasteiger partial charge is 0.456 e. The number of aromatic nitrogens is 3. The van der Waals surface area contributed by atoms with E-state index >= 15 is 0 Å². The minimum atomic E-state index is 0.582. The molecular weight excluding hydrogens is 663 g/mol. The summed E-state index contributed by atoms with van der Waals surface area (Å²) in [5.74, 6) is 1.81. The fourth-order valence-corrected chi connectivity index (χ4v) is 7.81. The summed E-state index contributed by atoms with van der Waals surface area (Å²) in [7, 11) is 0. The standard InChI is InChI=1S/C49H29N3O2/c1-3-13-31(14-4-1)36-25-27-43-46(37-18-9-10-20-40(37)53-43)44(36)34-24-26-41-39(29-34)45-38(19-11-21-42(45)54-41)49-51-47(32-15-5-2-6-16-32)50-48(52-49)35-23-22-30-12-7-8-17-33(30)28-35/h1-29H. The van der Waals surface area contributed by atoms with Crippen LogP contribution < -0.4 is 0 Å². The van der Waals surface area contributed by atoms with Gasteiger partial charge < -0.3 is 8.83 Å². The van der Waals surface area contributed by atoms with Crippen molar-refractivity contribution in [3.63, 3.8) is 0 Å². The molecular formula is C49H29N3O2. The molecule has 252 valence electrons. The van der Waals surface area contributed by atoms with Gasteiger partial charge in [0.05, 0.1) is 0 Å². The van der Waals surface area contributed by atoms with E-state index in [1.165, 1.54) is 5.39 Å². The Labute approximate surface area is 309 Å². The van der Waals surface area contributed by atoms with E-state index in [4.69, 9.17) is 23.8 Å². The first-order valence-electron chi connectivity index (χ1n) is 18.0. The minimum Gasteiger partial charge on any atom is -0.456 e. The third-order valence-electron chi connectivity index (χ3n) is 10.3. The summed E-state index contributed by atoms with van der Waals surface area (Å²) in [6.45, 7) is 0. The molecule has 0 spiro atoms. The fraction of sp³-hybridized carbons (Fsp3) is 0. The number of rotatable bonds is 5. The van der Waals surface area contributed by atoms with E-state index in [9.17, 15) is 0 Å². The molecule has 3 aromatic heterocycles. The zero-order valence-electron chi connectivity index (χ0n) is 28.9. The summed E-state index contributed by atoms with van der Waals surface area (Å²) in [5, 5.41) is 6.40. The normalized spacial score (nSPS) is 11.7. The van der Waals surface area contributed by atoms with Crippen LogP contribution in [0.1, 0.15) is 0 Å². The Bertz CT molecular complexity index is 3220. The monoisotopic (exact) mass is 691 g/mol. The van der Waals surface area contributed by atoms with E-state index in [1.54, 1.807) is 0 Å². The van der Waals surface area contributed by atoms with Gasteiger partial charge in [-0.2, -0.15) is 0 Å². The van der Waals surface area contributed by atoms with Crippen LogP contribution in [-0.2, 0) is 0 Å². The van der Waals surface area contributed by atoms with Crippen molar-refractivity contribution in [2.45, 2.75) is 0 Å².